The Morgan fingerprint density at radius 1 is 0.606 bits per heavy atom. The Bertz CT molecular complexity index is 448. The maximum Gasteiger partial charge on any atom is 0.469 e. The van der Waals surface area contributed by atoms with Gasteiger partial charge < -0.3 is 40.0 Å². The summed E-state index contributed by atoms with van der Waals surface area (Å²) in [5.74, 6) is 0. The van der Waals surface area contributed by atoms with Gasteiger partial charge in [-0.15, -0.1) is 0 Å². The summed E-state index contributed by atoms with van der Waals surface area (Å²) in [4.78, 5) is 38.6. The van der Waals surface area contributed by atoms with Crippen LogP contribution in [-0.2, 0) is 13.7 Å². The van der Waals surface area contributed by atoms with Crippen LogP contribution in [0.1, 0.15) is 96.8 Å². The summed E-state index contributed by atoms with van der Waals surface area (Å²) in [5, 5.41) is 19.1. The van der Waals surface area contributed by atoms with Gasteiger partial charge in [0.1, 0.15) is 0 Å². The van der Waals surface area contributed by atoms with E-state index in [1.165, 1.54) is 70.6 Å². The number of hydrogen-bond donors (Lipinski definition) is 8. The number of nitrogens with one attached hydrogen (secondary N) is 1. The van der Waals surface area contributed by atoms with Crippen molar-refractivity contribution in [2.75, 3.05) is 32.9 Å². The van der Waals surface area contributed by atoms with Crippen molar-refractivity contribution in [3.63, 3.8) is 0 Å². The van der Waals surface area contributed by atoms with E-state index in [-0.39, 0.29) is 19.8 Å². The van der Waals surface area contributed by atoms with Crippen LogP contribution in [0.2, 0.25) is 0 Å². The van der Waals surface area contributed by atoms with E-state index in [0.29, 0.717) is 13.1 Å². The van der Waals surface area contributed by atoms with Gasteiger partial charge in [0.05, 0.1) is 19.8 Å². The number of aliphatic hydroxyl groups is 2. The third kappa shape index (κ3) is 59.5. The maximum atomic E-state index is 10.4. The minimum atomic E-state index is -4.64. The standard InChI is InChI=1S/C16H35O4P.C4H11NO2.H3O4P/c1-2-3-4-5-6-7-8-9-10-11-12-13-14-15-16-20-21(17,18)19;6-3-1-5-2-4-7;1-5(2,3)4/h2-16H2,1H3,(H2,17,18,19);5-7H,1-4H2;(H3,1,2,3,4). The highest BCUT2D eigenvalue weighted by Gasteiger charge is 2.12. The first-order chi connectivity index (χ1) is 15.5. The van der Waals surface area contributed by atoms with E-state index in [0.717, 1.165) is 19.3 Å². The minimum Gasteiger partial charge on any atom is -0.395 e. The van der Waals surface area contributed by atoms with E-state index in [2.05, 4.69) is 16.8 Å². The van der Waals surface area contributed by atoms with Gasteiger partial charge in [0.2, 0.25) is 0 Å². The zero-order chi connectivity index (χ0) is 25.8. The summed E-state index contributed by atoms with van der Waals surface area (Å²) in [5.41, 5.74) is 0. The lowest BCUT2D eigenvalue weighted by Gasteiger charge is -2.05. The molecule has 0 aliphatic rings. The second kappa shape index (κ2) is 28.3. The average Bonchev–Trinajstić information content (AvgIpc) is 2.70. The van der Waals surface area contributed by atoms with Gasteiger partial charge >= 0.3 is 15.6 Å². The van der Waals surface area contributed by atoms with Gasteiger partial charge in [0.15, 0.2) is 0 Å². The topological polar surface area (TPSA) is 197 Å². The molecule has 0 atom stereocenters. The van der Waals surface area contributed by atoms with Crippen molar-refractivity contribution in [1.82, 2.24) is 5.32 Å². The number of rotatable bonds is 20. The Hall–Kier alpha value is 0.100. The molecule has 0 aromatic carbocycles. The fourth-order valence-electron chi connectivity index (χ4n) is 2.76. The zero-order valence-corrected chi connectivity index (χ0v) is 22.0. The third-order valence-corrected chi connectivity index (χ3v) is 4.85. The molecule has 33 heavy (non-hydrogen) atoms. The first-order valence-electron chi connectivity index (χ1n) is 11.9. The number of aliphatic hydroxyl groups excluding tert-OH is 2. The molecule has 11 nitrogen and oxygen atoms in total. The highest BCUT2D eigenvalue weighted by molar-refractivity contribution is 7.46. The monoisotopic (exact) mass is 525 g/mol. The van der Waals surface area contributed by atoms with E-state index in [1.54, 1.807) is 0 Å². The molecule has 0 spiro atoms. The van der Waals surface area contributed by atoms with Crippen LogP contribution in [0.15, 0.2) is 0 Å². The number of unbranched alkanes of at least 4 members (excludes halogenated alkanes) is 13. The van der Waals surface area contributed by atoms with Gasteiger partial charge in [0.25, 0.3) is 0 Å². The van der Waals surface area contributed by atoms with Crippen molar-refractivity contribution in [1.29, 1.82) is 0 Å². The highest BCUT2D eigenvalue weighted by Crippen LogP contribution is 2.35. The molecule has 0 rings (SSSR count). The maximum absolute atomic E-state index is 10.4. The Morgan fingerprint density at radius 2 is 0.909 bits per heavy atom. The fraction of sp³-hybridized carbons (Fsp3) is 1.00. The van der Waals surface area contributed by atoms with Crippen LogP contribution >= 0.6 is 15.6 Å². The molecule has 0 saturated heterocycles. The minimum absolute atomic E-state index is 0.139. The number of phosphoric acid groups is 2. The molecule has 0 amide bonds. The quantitative estimate of drug-likeness (QED) is 0.0858. The summed E-state index contributed by atoms with van der Waals surface area (Å²) in [7, 11) is -8.89. The van der Waals surface area contributed by atoms with Gasteiger partial charge in [-0.25, -0.2) is 9.13 Å². The highest BCUT2D eigenvalue weighted by atomic mass is 31.2. The Morgan fingerprint density at radius 3 is 1.18 bits per heavy atom. The zero-order valence-electron chi connectivity index (χ0n) is 20.2. The largest absolute Gasteiger partial charge is 0.469 e. The van der Waals surface area contributed by atoms with Gasteiger partial charge in [0, 0.05) is 13.1 Å². The number of phosphoric ester groups is 1. The van der Waals surface area contributed by atoms with Crippen LogP contribution in [-0.4, -0.2) is 67.6 Å². The van der Waals surface area contributed by atoms with E-state index in [1.807, 2.05) is 0 Å². The van der Waals surface area contributed by atoms with Gasteiger partial charge in [-0.2, -0.15) is 0 Å². The molecule has 0 aromatic heterocycles. The van der Waals surface area contributed by atoms with Crippen LogP contribution in [0.25, 0.3) is 0 Å². The molecule has 0 aliphatic carbocycles. The van der Waals surface area contributed by atoms with Gasteiger partial charge in [-0.1, -0.05) is 90.4 Å². The summed E-state index contributed by atoms with van der Waals surface area (Å²) >= 11 is 0. The first-order valence-corrected chi connectivity index (χ1v) is 15.0. The molecule has 0 heterocycles. The van der Waals surface area contributed by atoms with E-state index >= 15 is 0 Å². The molecule has 204 valence electrons. The molecule has 0 radical (unpaired) electrons. The number of hydrogen-bond acceptors (Lipinski definition) is 6. The summed E-state index contributed by atoms with van der Waals surface area (Å²) in [6.45, 7) is 3.84. The summed E-state index contributed by atoms with van der Waals surface area (Å²) < 4.78 is 23.7. The van der Waals surface area contributed by atoms with Crippen LogP contribution in [0, 0.1) is 0 Å². The van der Waals surface area contributed by atoms with Crippen LogP contribution in [0.5, 0.6) is 0 Å². The van der Waals surface area contributed by atoms with E-state index in [9.17, 15) is 4.57 Å². The van der Waals surface area contributed by atoms with Crippen molar-refractivity contribution in [3.8, 4) is 0 Å². The molecule has 0 saturated carbocycles. The second-order valence-corrected chi connectivity index (χ2v) is 9.90. The molecule has 8 N–H and O–H groups in total. The van der Waals surface area contributed by atoms with Gasteiger partial charge in [-0.3, -0.25) is 4.52 Å². The van der Waals surface area contributed by atoms with Crippen molar-refractivity contribution in [3.05, 3.63) is 0 Å². The lowest BCUT2D eigenvalue weighted by molar-refractivity contribution is 0.193. The molecule has 0 aromatic rings. The van der Waals surface area contributed by atoms with E-state index in [4.69, 9.17) is 39.2 Å². The molecular weight excluding hydrogens is 476 g/mol. The summed E-state index contributed by atoms with van der Waals surface area (Å²) in [6, 6.07) is 0. The fourth-order valence-corrected chi connectivity index (χ4v) is 3.13. The molecule has 0 unspecified atom stereocenters. The lowest BCUT2D eigenvalue weighted by Crippen LogP contribution is -2.21. The Kier molecular flexibility index (Phi) is 32.3. The Balaban J connectivity index is -0.000000612. The first kappa shape index (κ1) is 37.6. The van der Waals surface area contributed by atoms with Crippen molar-refractivity contribution in [2.45, 2.75) is 96.8 Å². The predicted octanol–water partition coefficient (Wildman–Crippen LogP) is 3.21. The van der Waals surface area contributed by atoms with E-state index < -0.39 is 15.6 Å². The second-order valence-electron chi connectivity index (χ2n) is 7.63. The lowest BCUT2D eigenvalue weighted by atomic mass is 10.0. The van der Waals surface area contributed by atoms with Crippen LogP contribution in [0.3, 0.4) is 0 Å². The SMILES string of the molecule is CCCCCCCCCCCCCCCCOP(=O)(O)O.O=P(O)(O)O.OCCNCCO. The molecular formula is C20H49NO10P2. The van der Waals surface area contributed by atoms with Gasteiger partial charge in [-0.05, 0) is 6.42 Å². The predicted molar refractivity (Wildman–Crippen MR) is 130 cm³/mol. The average molecular weight is 526 g/mol. The van der Waals surface area contributed by atoms with Crippen molar-refractivity contribution >= 4 is 15.6 Å². The summed E-state index contributed by atoms with van der Waals surface area (Å²) in [6.07, 6.45) is 17.8. The van der Waals surface area contributed by atoms with Crippen LogP contribution < -0.4 is 5.32 Å². The van der Waals surface area contributed by atoms with Crippen molar-refractivity contribution < 1.29 is 48.3 Å². The third-order valence-electron chi connectivity index (χ3n) is 4.33. The molecule has 13 heteroatoms. The molecule has 0 aliphatic heterocycles. The Labute approximate surface area is 199 Å². The molecule has 0 bridgehead atoms. The smallest absolute Gasteiger partial charge is 0.395 e. The normalized spacial score (nSPS) is 11.4. The van der Waals surface area contributed by atoms with Crippen LogP contribution in [0.4, 0.5) is 0 Å². The van der Waals surface area contributed by atoms with Crippen molar-refractivity contribution in [2.24, 2.45) is 0 Å². The molecule has 0 fully saturated rings.